The molecule has 0 amide bonds. The van der Waals surface area contributed by atoms with Gasteiger partial charge in [0.25, 0.3) is 0 Å². The first-order valence-corrected chi connectivity index (χ1v) is 6.88. The molecule has 0 atom stereocenters. The molecule has 3 nitrogen and oxygen atoms in total. The normalized spacial score (nSPS) is 11.1. The van der Waals surface area contributed by atoms with Gasteiger partial charge in [0.1, 0.15) is 5.69 Å². The highest BCUT2D eigenvalue weighted by Crippen LogP contribution is 2.37. The highest BCUT2D eigenvalue weighted by atomic mass is 79.9. The summed E-state index contributed by atoms with van der Waals surface area (Å²) in [5, 5.41) is 18.3. The second-order valence-electron chi connectivity index (χ2n) is 3.43. The lowest BCUT2D eigenvalue weighted by Gasteiger charge is -2.01. The highest BCUT2D eigenvalue weighted by Gasteiger charge is 2.06. The van der Waals surface area contributed by atoms with Crippen LogP contribution in [0.2, 0.25) is 5.02 Å². The Balaban J connectivity index is 2.31. The SMILES string of the molecule is Oc1c(Br)cc(Cl)cc1N=Nc1ccc(Br)cc1. The van der Waals surface area contributed by atoms with Crippen LogP contribution in [0.4, 0.5) is 11.4 Å². The van der Waals surface area contributed by atoms with Crippen LogP contribution in [0, 0.1) is 0 Å². The fraction of sp³-hybridized carbons (Fsp3) is 0. The highest BCUT2D eigenvalue weighted by molar-refractivity contribution is 9.10. The molecule has 2 rings (SSSR count). The first-order valence-electron chi connectivity index (χ1n) is 4.91. The molecule has 0 bridgehead atoms. The minimum atomic E-state index is 0.0141. The summed E-state index contributed by atoms with van der Waals surface area (Å²) in [6, 6.07) is 10.5. The van der Waals surface area contributed by atoms with Crippen molar-refractivity contribution in [3.8, 4) is 5.75 Å². The molecule has 0 aliphatic carbocycles. The van der Waals surface area contributed by atoms with Crippen molar-refractivity contribution < 1.29 is 5.11 Å². The van der Waals surface area contributed by atoms with Crippen LogP contribution in [0.25, 0.3) is 0 Å². The molecular weight excluding hydrogens is 383 g/mol. The molecule has 2 aromatic carbocycles. The summed E-state index contributed by atoms with van der Waals surface area (Å²) >= 11 is 12.4. The third-order valence-corrected chi connectivity index (χ3v) is 3.46. The van der Waals surface area contributed by atoms with Crippen LogP contribution in [-0.2, 0) is 0 Å². The van der Waals surface area contributed by atoms with Gasteiger partial charge in [-0.15, -0.1) is 5.11 Å². The van der Waals surface area contributed by atoms with Crippen molar-refractivity contribution in [2.24, 2.45) is 10.2 Å². The third kappa shape index (κ3) is 3.31. The molecule has 92 valence electrons. The van der Waals surface area contributed by atoms with E-state index in [2.05, 4.69) is 42.1 Å². The monoisotopic (exact) mass is 388 g/mol. The van der Waals surface area contributed by atoms with Crippen molar-refractivity contribution in [2.75, 3.05) is 0 Å². The molecule has 0 heterocycles. The minimum absolute atomic E-state index is 0.0141. The van der Waals surface area contributed by atoms with E-state index < -0.39 is 0 Å². The van der Waals surface area contributed by atoms with E-state index in [1.807, 2.05) is 24.3 Å². The van der Waals surface area contributed by atoms with E-state index in [1.165, 1.54) is 0 Å². The summed E-state index contributed by atoms with van der Waals surface area (Å²) in [6.07, 6.45) is 0. The van der Waals surface area contributed by atoms with Crippen molar-refractivity contribution in [3.63, 3.8) is 0 Å². The molecule has 0 spiro atoms. The van der Waals surface area contributed by atoms with Crippen molar-refractivity contribution in [2.45, 2.75) is 0 Å². The maximum atomic E-state index is 9.78. The fourth-order valence-electron chi connectivity index (χ4n) is 1.25. The van der Waals surface area contributed by atoms with Crippen LogP contribution in [0.5, 0.6) is 5.75 Å². The van der Waals surface area contributed by atoms with E-state index in [4.69, 9.17) is 11.6 Å². The smallest absolute Gasteiger partial charge is 0.157 e. The number of aromatic hydroxyl groups is 1. The van der Waals surface area contributed by atoms with E-state index in [-0.39, 0.29) is 5.75 Å². The molecule has 18 heavy (non-hydrogen) atoms. The molecule has 0 unspecified atom stereocenters. The van der Waals surface area contributed by atoms with Crippen LogP contribution in [-0.4, -0.2) is 5.11 Å². The number of halogens is 3. The van der Waals surface area contributed by atoms with Crippen LogP contribution in [0.3, 0.4) is 0 Å². The summed E-state index contributed by atoms with van der Waals surface area (Å²) in [5.74, 6) is 0.0141. The number of phenolic OH excluding ortho intramolecular Hbond substituents is 1. The molecular formula is C12H7Br2ClN2O. The third-order valence-electron chi connectivity index (χ3n) is 2.11. The largest absolute Gasteiger partial charge is 0.505 e. The fourth-order valence-corrected chi connectivity index (χ4v) is 2.31. The zero-order valence-electron chi connectivity index (χ0n) is 8.94. The average molecular weight is 390 g/mol. The Morgan fingerprint density at radius 3 is 2.33 bits per heavy atom. The van der Waals surface area contributed by atoms with Gasteiger partial charge in [-0.1, -0.05) is 27.5 Å². The van der Waals surface area contributed by atoms with Gasteiger partial charge in [-0.3, -0.25) is 0 Å². The van der Waals surface area contributed by atoms with Crippen molar-refractivity contribution in [3.05, 3.63) is 50.4 Å². The second-order valence-corrected chi connectivity index (χ2v) is 5.64. The predicted octanol–water partition coefficient (Wildman–Crippen LogP) is 5.99. The number of hydrogen-bond donors (Lipinski definition) is 1. The van der Waals surface area contributed by atoms with Crippen LogP contribution >= 0.6 is 43.5 Å². The summed E-state index contributed by atoms with van der Waals surface area (Å²) in [6.45, 7) is 0. The molecule has 1 N–H and O–H groups in total. The molecule has 0 radical (unpaired) electrons. The van der Waals surface area contributed by atoms with Crippen molar-refractivity contribution in [1.29, 1.82) is 0 Å². The second kappa shape index (κ2) is 5.82. The Morgan fingerprint density at radius 1 is 1.00 bits per heavy atom. The van der Waals surface area contributed by atoms with Gasteiger partial charge in [-0.25, -0.2) is 0 Å². The van der Waals surface area contributed by atoms with Gasteiger partial charge in [-0.2, -0.15) is 5.11 Å². The average Bonchev–Trinajstić information content (AvgIpc) is 2.34. The zero-order chi connectivity index (χ0) is 13.1. The molecule has 0 saturated carbocycles. The Labute approximate surface area is 126 Å². The lowest BCUT2D eigenvalue weighted by molar-refractivity contribution is 0.473. The van der Waals surface area contributed by atoms with Gasteiger partial charge >= 0.3 is 0 Å². The molecule has 0 fully saturated rings. The molecule has 2 aromatic rings. The van der Waals surface area contributed by atoms with E-state index in [1.54, 1.807) is 12.1 Å². The first kappa shape index (κ1) is 13.5. The summed E-state index contributed by atoms with van der Waals surface area (Å²) in [5.41, 5.74) is 1.01. The van der Waals surface area contributed by atoms with E-state index in [0.29, 0.717) is 20.9 Å². The summed E-state index contributed by atoms with van der Waals surface area (Å²) in [4.78, 5) is 0. The molecule has 0 aromatic heterocycles. The lowest BCUT2D eigenvalue weighted by atomic mass is 10.3. The van der Waals surface area contributed by atoms with E-state index >= 15 is 0 Å². The summed E-state index contributed by atoms with van der Waals surface area (Å²) < 4.78 is 1.45. The number of benzene rings is 2. The number of azo groups is 1. The maximum absolute atomic E-state index is 9.78. The minimum Gasteiger partial charge on any atom is -0.505 e. The Bertz CT molecular complexity index is 600. The standard InChI is InChI=1S/C12H7Br2ClN2O/c13-7-1-3-9(4-2-7)16-17-11-6-8(15)5-10(14)12(11)18/h1-6,18H. The van der Waals surface area contributed by atoms with Crippen LogP contribution in [0.15, 0.2) is 55.6 Å². The molecule has 0 aliphatic heterocycles. The maximum Gasteiger partial charge on any atom is 0.157 e. The Morgan fingerprint density at radius 2 is 1.67 bits per heavy atom. The zero-order valence-corrected chi connectivity index (χ0v) is 12.9. The van der Waals surface area contributed by atoms with Crippen LogP contribution in [0.1, 0.15) is 0 Å². The molecule has 0 saturated heterocycles. The number of nitrogens with zero attached hydrogens (tertiary/aromatic N) is 2. The van der Waals surface area contributed by atoms with Crippen molar-refractivity contribution in [1.82, 2.24) is 0 Å². The van der Waals surface area contributed by atoms with Gasteiger partial charge in [0.15, 0.2) is 5.75 Å². The first-order chi connectivity index (χ1) is 8.56. The van der Waals surface area contributed by atoms with Gasteiger partial charge in [0, 0.05) is 9.50 Å². The lowest BCUT2D eigenvalue weighted by Crippen LogP contribution is -1.72. The Kier molecular flexibility index (Phi) is 4.37. The Hall–Kier alpha value is -0.910. The summed E-state index contributed by atoms with van der Waals surface area (Å²) in [7, 11) is 0. The number of hydrogen-bond acceptors (Lipinski definition) is 3. The van der Waals surface area contributed by atoms with Crippen molar-refractivity contribution >= 4 is 54.8 Å². The molecule has 6 heteroatoms. The van der Waals surface area contributed by atoms with E-state index in [0.717, 1.165) is 4.47 Å². The van der Waals surface area contributed by atoms with Crippen LogP contribution < -0.4 is 0 Å². The van der Waals surface area contributed by atoms with E-state index in [9.17, 15) is 5.11 Å². The number of phenols is 1. The van der Waals surface area contributed by atoms with Gasteiger partial charge in [0.2, 0.25) is 0 Å². The predicted molar refractivity (Wildman–Crippen MR) is 79.1 cm³/mol. The van der Waals surface area contributed by atoms with Gasteiger partial charge in [-0.05, 0) is 52.3 Å². The van der Waals surface area contributed by atoms with Gasteiger partial charge < -0.3 is 5.11 Å². The number of rotatable bonds is 2. The topological polar surface area (TPSA) is 45.0 Å². The quantitative estimate of drug-likeness (QED) is 0.629. The van der Waals surface area contributed by atoms with Gasteiger partial charge in [0.05, 0.1) is 10.2 Å². The molecule has 0 aliphatic rings.